The monoisotopic (exact) mass is 264 g/mol. The summed E-state index contributed by atoms with van der Waals surface area (Å²) in [6.45, 7) is 9.44. The van der Waals surface area contributed by atoms with Crippen LogP contribution < -0.4 is 15.4 Å². The highest BCUT2D eigenvalue weighted by molar-refractivity contribution is 5.93. The van der Waals surface area contributed by atoms with Gasteiger partial charge in [-0.05, 0) is 32.0 Å². The molecule has 0 radical (unpaired) electrons. The van der Waals surface area contributed by atoms with E-state index in [9.17, 15) is 4.79 Å². The number of hydrogen-bond acceptors (Lipinski definition) is 3. The van der Waals surface area contributed by atoms with Crippen molar-refractivity contribution in [2.75, 3.05) is 25.5 Å². The van der Waals surface area contributed by atoms with Crippen LogP contribution in [-0.4, -0.2) is 26.1 Å². The summed E-state index contributed by atoms with van der Waals surface area (Å²) in [5, 5.41) is 6.14. The summed E-state index contributed by atoms with van der Waals surface area (Å²) < 4.78 is 5.36. The van der Waals surface area contributed by atoms with E-state index >= 15 is 0 Å². The molecule has 1 amide bonds. The molecule has 0 heterocycles. The fourth-order valence-electron chi connectivity index (χ4n) is 1.99. The maximum absolute atomic E-state index is 12.1. The molecule has 4 nitrogen and oxygen atoms in total. The average molecular weight is 264 g/mol. The van der Waals surface area contributed by atoms with Gasteiger partial charge in [0, 0.05) is 23.7 Å². The zero-order valence-electron chi connectivity index (χ0n) is 12.5. The molecule has 4 heteroatoms. The maximum Gasteiger partial charge on any atom is 0.228 e. The Morgan fingerprint density at radius 2 is 2.05 bits per heavy atom. The summed E-state index contributed by atoms with van der Waals surface area (Å²) in [6.07, 6.45) is 0. The van der Waals surface area contributed by atoms with Gasteiger partial charge in [-0.25, -0.2) is 0 Å². The van der Waals surface area contributed by atoms with E-state index in [0.717, 1.165) is 29.1 Å². The van der Waals surface area contributed by atoms with Crippen molar-refractivity contribution < 1.29 is 9.53 Å². The molecule has 2 N–H and O–H groups in total. The first-order valence-electron chi connectivity index (χ1n) is 6.67. The first-order chi connectivity index (χ1) is 9.01. The summed E-state index contributed by atoms with van der Waals surface area (Å²) in [4.78, 5) is 12.1. The summed E-state index contributed by atoms with van der Waals surface area (Å²) in [7, 11) is 1.65. The van der Waals surface area contributed by atoms with E-state index in [2.05, 4.69) is 10.6 Å². The smallest absolute Gasteiger partial charge is 0.228 e. The van der Waals surface area contributed by atoms with Gasteiger partial charge < -0.3 is 15.4 Å². The minimum absolute atomic E-state index is 0.0231. The Bertz CT molecular complexity index is 444. The minimum atomic E-state index is -0.0633. The molecular weight excluding hydrogens is 240 g/mol. The SMILES string of the molecule is CCNCC(C)C(=O)Nc1ccc(C)c(OC)c1C. The molecule has 0 aliphatic heterocycles. The summed E-state index contributed by atoms with van der Waals surface area (Å²) in [6, 6.07) is 3.88. The Morgan fingerprint density at radius 1 is 1.37 bits per heavy atom. The van der Waals surface area contributed by atoms with Gasteiger partial charge in [-0.3, -0.25) is 4.79 Å². The Morgan fingerprint density at radius 3 is 2.63 bits per heavy atom. The highest BCUT2D eigenvalue weighted by atomic mass is 16.5. The summed E-state index contributed by atoms with van der Waals surface area (Å²) in [5.41, 5.74) is 2.85. The first-order valence-corrected chi connectivity index (χ1v) is 6.67. The normalized spacial score (nSPS) is 12.1. The Kier molecular flexibility index (Phi) is 5.83. The van der Waals surface area contributed by atoms with Crippen molar-refractivity contribution in [2.24, 2.45) is 5.92 Å². The lowest BCUT2D eigenvalue weighted by Crippen LogP contribution is -2.30. The van der Waals surface area contributed by atoms with Gasteiger partial charge in [-0.15, -0.1) is 0 Å². The number of anilines is 1. The number of benzene rings is 1. The number of hydrogen-bond donors (Lipinski definition) is 2. The van der Waals surface area contributed by atoms with E-state index in [1.54, 1.807) is 7.11 Å². The van der Waals surface area contributed by atoms with Gasteiger partial charge in [-0.1, -0.05) is 19.9 Å². The van der Waals surface area contributed by atoms with Crippen molar-refractivity contribution >= 4 is 11.6 Å². The van der Waals surface area contributed by atoms with Gasteiger partial charge in [0.25, 0.3) is 0 Å². The Balaban J connectivity index is 2.80. The molecule has 0 fully saturated rings. The van der Waals surface area contributed by atoms with Gasteiger partial charge in [0.15, 0.2) is 0 Å². The zero-order chi connectivity index (χ0) is 14.4. The van der Waals surface area contributed by atoms with E-state index in [4.69, 9.17) is 4.74 Å². The molecule has 1 aromatic rings. The molecule has 0 aliphatic rings. The topological polar surface area (TPSA) is 50.4 Å². The molecule has 1 aromatic carbocycles. The molecular formula is C15H24N2O2. The van der Waals surface area contributed by atoms with Crippen molar-refractivity contribution in [1.82, 2.24) is 5.32 Å². The van der Waals surface area contributed by atoms with Crippen molar-refractivity contribution in [3.8, 4) is 5.75 Å². The molecule has 0 aromatic heterocycles. The number of ether oxygens (including phenoxy) is 1. The quantitative estimate of drug-likeness (QED) is 0.830. The number of aryl methyl sites for hydroxylation is 1. The van der Waals surface area contributed by atoms with Crippen LogP contribution in [0.4, 0.5) is 5.69 Å². The first kappa shape index (κ1) is 15.5. The van der Waals surface area contributed by atoms with Crippen LogP contribution in [0.1, 0.15) is 25.0 Å². The van der Waals surface area contributed by atoms with Crippen LogP contribution in [0.15, 0.2) is 12.1 Å². The molecule has 1 unspecified atom stereocenters. The van der Waals surface area contributed by atoms with Crippen LogP contribution in [0.5, 0.6) is 5.75 Å². The second-order valence-corrected chi connectivity index (χ2v) is 4.79. The van der Waals surface area contributed by atoms with Crippen molar-refractivity contribution in [3.63, 3.8) is 0 Å². The summed E-state index contributed by atoms with van der Waals surface area (Å²) >= 11 is 0. The third-order valence-electron chi connectivity index (χ3n) is 3.21. The predicted octanol–water partition coefficient (Wildman–Crippen LogP) is 2.50. The van der Waals surface area contributed by atoms with Gasteiger partial charge >= 0.3 is 0 Å². The Hall–Kier alpha value is -1.55. The minimum Gasteiger partial charge on any atom is -0.496 e. The molecule has 0 bridgehead atoms. The highest BCUT2D eigenvalue weighted by Gasteiger charge is 2.15. The predicted molar refractivity (Wildman–Crippen MR) is 78.8 cm³/mol. The number of nitrogens with one attached hydrogen (secondary N) is 2. The number of carbonyl (C=O) groups is 1. The van der Waals surface area contributed by atoms with Crippen LogP contribution in [-0.2, 0) is 4.79 Å². The van der Waals surface area contributed by atoms with E-state index < -0.39 is 0 Å². The number of rotatable bonds is 6. The maximum atomic E-state index is 12.1. The van der Waals surface area contributed by atoms with E-state index in [1.807, 2.05) is 39.8 Å². The van der Waals surface area contributed by atoms with E-state index in [-0.39, 0.29) is 11.8 Å². The lowest BCUT2D eigenvalue weighted by molar-refractivity contribution is -0.119. The Labute approximate surface area is 115 Å². The second-order valence-electron chi connectivity index (χ2n) is 4.79. The van der Waals surface area contributed by atoms with E-state index in [0.29, 0.717) is 6.54 Å². The third-order valence-corrected chi connectivity index (χ3v) is 3.21. The average Bonchev–Trinajstić information content (AvgIpc) is 2.39. The zero-order valence-corrected chi connectivity index (χ0v) is 12.5. The molecule has 0 spiro atoms. The summed E-state index contributed by atoms with van der Waals surface area (Å²) in [5.74, 6) is 0.791. The highest BCUT2D eigenvalue weighted by Crippen LogP contribution is 2.29. The van der Waals surface area contributed by atoms with Crippen LogP contribution in [0.3, 0.4) is 0 Å². The van der Waals surface area contributed by atoms with Crippen LogP contribution in [0.25, 0.3) is 0 Å². The molecule has 0 saturated heterocycles. The van der Waals surface area contributed by atoms with Crippen LogP contribution in [0, 0.1) is 19.8 Å². The number of amides is 1. The van der Waals surface area contributed by atoms with E-state index in [1.165, 1.54) is 0 Å². The van der Waals surface area contributed by atoms with Crippen LogP contribution >= 0.6 is 0 Å². The van der Waals surface area contributed by atoms with Gasteiger partial charge in [0.1, 0.15) is 5.75 Å². The van der Waals surface area contributed by atoms with Crippen LogP contribution in [0.2, 0.25) is 0 Å². The van der Waals surface area contributed by atoms with Crippen molar-refractivity contribution in [2.45, 2.75) is 27.7 Å². The largest absolute Gasteiger partial charge is 0.496 e. The fraction of sp³-hybridized carbons (Fsp3) is 0.533. The fourth-order valence-corrected chi connectivity index (χ4v) is 1.99. The molecule has 0 saturated carbocycles. The van der Waals surface area contributed by atoms with Crippen molar-refractivity contribution in [3.05, 3.63) is 23.3 Å². The number of carbonyl (C=O) groups excluding carboxylic acids is 1. The van der Waals surface area contributed by atoms with Crippen molar-refractivity contribution in [1.29, 1.82) is 0 Å². The van der Waals surface area contributed by atoms with Gasteiger partial charge in [0.05, 0.1) is 7.11 Å². The second kappa shape index (κ2) is 7.14. The molecule has 106 valence electrons. The number of methoxy groups -OCH3 is 1. The molecule has 1 atom stereocenters. The standard InChI is InChI=1S/C15H24N2O2/c1-6-16-9-11(3)15(18)17-13-8-7-10(2)14(19-5)12(13)4/h7-8,11,16H,6,9H2,1-5H3,(H,17,18). The molecule has 1 rings (SSSR count). The molecule has 0 aliphatic carbocycles. The van der Waals surface area contributed by atoms with Gasteiger partial charge in [0.2, 0.25) is 5.91 Å². The third kappa shape index (κ3) is 3.96. The lowest BCUT2D eigenvalue weighted by atomic mass is 10.1. The van der Waals surface area contributed by atoms with Gasteiger partial charge in [-0.2, -0.15) is 0 Å². The lowest BCUT2D eigenvalue weighted by Gasteiger charge is -2.16. The molecule has 19 heavy (non-hydrogen) atoms.